The van der Waals surface area contributed by atoms with Gasteiger partial charge in [-0.2, -0.15) is 0 Å². The fourth-order valence-electron chi connectivity index (χ4n) is 2.39. The van der Waals surface area contributed by atoms with Crippen LogP contribution in [0.15, 0.2) is 40.8 Å². The van der Waals surface area contributed by atoms with E-state index in [0.717, 1.165) is 29.7 Å². The van der Waals surface area contributed by atoms with Crippen LogP contribution in [0, 0.1) is 0 Å². The molecule has 5 heteroatoms. The minimum absolute atomic E-state index is 0.527. The lowest BCUT2D eigenvalue weighted by Crippen LogP contribution is -1.98. The lowest BCUT2D eigenvalue weighted by atomic mass is 10.2. The zero-order chi connectivity index (χ0) is 17.6. The maximum absolute atomic E-state index is 5.97. The predicted octanol–water partition coefficient (Wildman–Crippen LogP) is 5.84. The number of fused-ring (bicyclic) bond motifs is 1. The smallest absolute Gasteiger partial charge is 0.220 e. The summed E-state index contributed by atoms with van der Waals surface area (Å²) in [4.78, 5) is 4.40. The maximum Gasteiger partial charge on any atom is 0.220 e. The Bertz CT molecular complexity index is 886. The monoisotopic (exact) mass is 357 g/mol. The molecule has 2 aromatic carbocycles. The summed E-state index contributed by atoms with van der Waals surface area (Å²) in [7, 11) is 1.64. The van der Waals surface area contributed by atoms with Crippen LogP contribution in [-0.2, 0) is 0 Å². The quantitative estimate of drug-likeness (QED) is 0.498. The van der Waals surface area contributed by atoms with Gasteiger partial charge in [-0.3, -0.25) is 0 Å². The van der Waals surface area contributed by atoms with E-state index in [9.17, 15) is 0 Å². The molecule has 25 heavy (non-hydrogen) atoms. The Hall–Kier alpha value is -2.46. The van der Waals surface area contributed by atoms with E-state index in [1.165, 1.54) is 0 Å². The van der Waals surface area contributed by atoms with Gasteiger partial charge in [0.25, 0.3) is 0 Å². The Labute approximate surface area is 152 Å². The first-order valence-corrected chi connectivity index (χ1v) is 8.62. The van der Waals surface area contributed by atoms with Crippen molar-refractivity contribution in [3.63, 3.8) is 0 Å². The van der Waals surface area contributed by atoms with Crippen molar-refractivity contribution in [3.8, 4) is 11.5 Å². The van der Waals surface area contributed by atoms with Crippen molar-refractivity contribution in [3.05, 3.63) is 52.9 Å². The highest BCUT2D eigenvalue weighted by atomic mass is 35.5. The molecule has 0 unspecified atom stereocenters. The molecule has 0 aliphatic heterocycles. The zero-order valence-corrected chi connectivity index (χ0v) is 15.0. The number of aromatic nitrogens is 1. The molecule has 4 nitrogen and oxygen atoms in total. The molecule has 0 saturated heterocycles. The number of halogens is 1. The second-order valence-corrected chi connectivity index (χ2v) is 6.05. The second kappa shape index (κ2) is 8.08. The Morgan fingerprint density at radius 1 is 1.12 bits per heavy atom. The fourth-order valence-corrected chi connectivity index (χ4v) is 2.56. The Morgan fingerprint density at radius 3 is 2.80 bits per heavy atom. The van der Waals surface area contributed by atoms with Crippen LogP contribution < -0.4 is 9.47 Å². The molecule has 1 aromatic heterocycles. The highest BCUT2D eigenvalue weighted by molar-refractivity contribution is 6.31. The minimum atomic E-state index is 0.527. The first-order chi connectivity index (χ1) is 12.2. The predicted molar refractivity (Wildman–Crippen MR) is 101 cm³/mol. The zero-order valence-electron chi connectivity index (χ0n) is 14.3. The number of benzene rings is 2. The summed E-state index contributed by atoms with van der Waals surface area (Å²) in [5.74, 6) is 1.99. The Kier molecular flexibility index (Phi) is 5.61. The highest BCUT2D eigenvalue weighted by Crippen LogP contribution is 2.29. The van der Waals surface area contributed by atoms with Crippen molar-refractivity contribution < 1.29 is 13.9 Å². The molecule has 0 aliphatic rings. The van der Waals surface area contributed by atoms with Crippen molar-refractivity contribution in [2.45, 2.75) is 19.8 Å². The highest BCUT2D eigenvalue weighted by Gasteiger charge is 2.06. The van der Waals surface area contributed by atoms with E-state index in [0.29, 0.717) is 28.9 Å². The van der Waals surface area contributed by atoms with E-state index < -0.39 is 0 Å². The maximum atomic E-state index is 5.97. The van der Waals surface area contributed by atoms with Crippen molar-refractivity contribution >= 4 is 34.9 Å². The summed E-state index contributed by atoms with van der Waals surface area (Å²) in [6.07, 6.45) is 5.86. The third-order valence-electron chi connectivity index (χ3n) is 3.73. The van der Waals surface area contributed by atoms with E-state index in [4.69, 9.17) is 25.5 Å². The van der Waals surface area contributed by atoms with E-state index in [-0.39, 0.29) is 0 Å². The van der Waals surface area contributed by atoms with Gasteiger partial charge in [-0.15, -0.1) is 0 Å². The summed E-state index contributed by atoms with van der Waals surface area (Å²) < 4.78 is 16.8. The van der Waals surface area contributed by atoms with Gasteiger partial charge in [0.2, 0.25) is 5.89 Å². The number of nitrogens with zero attached hydrogens (tertiary/aromatic N) is 1. The first kappa shape index (κ1) is 17.4. The van der Waals surface area contributed by atoms with Gasteiger partial charge in [-0.1, -0.05) is 31.0 Å². The lowest BCUT2D eigenvalue weighted by Gasteiger charge is -2.10. The van der Waals surface area contributed by atoms with Gasteiger partial charge in [0.15, 0.2) is 17.1 Å². The number of ether oxygens (including phenoxy) is 2. The van der Waals surface area contributed by atoms with Crippen LogP contribution >= 0.6 is 11.6 Å². The normalized spacial score (nSPS) is 11.3. The van der Waals surface area contributed by atoms with Crippen LogP contribution in [0.5, 0.6) is 11.5 Å². The molecule has 0 fully saturated rings. The summed E-state index contributed by atoms with van der Waals surface area (Å²) in [6.45, 7) is 2.82. The lowest BCUT2D eigenvalue weighted by molar-refractivity contribution is 0.288. The van der Waals surface area contributed by atoms with Crippen LogP contribution in [0.25, 0.3) is 23.3 Å². The average Bonchev–Trinajstić information content (AvgIpc) is 3.02. The van der Waals surface area contributed by atoms with Crippen molar-refractivity contribution in [2.24, 2.45) is 0 Å². The molecule has 0 radical (unpaired) electrons. The molecule has 130 valence electrons. The van der Waals surface area contributed by atoms with Gasteiger partial charge in [-0.25, -0.2) is 4.98 Å². The molecule has 0 N–H and O–H groups in total. The molecule has 1 heterocycles. The number of hydrogen-bond donors (Lipinski definition) is 0. The van der Waals surface area contributed by atoms with Gasteiger partial charge in [0.05, 0.1) is 13.7 Å². The van der Waals surface area contributed by atoms with Crippen molar-refractivity contribution in [1.29, 1.82) is 0 Å². The van der Waals surface area contributed by atoms with Crippen molar-refractivity contribution in [1.82, 2.24) is 4.98 Å². The molecular weight excluding hydrogens is 338 g/mol. The first-order valence-electron chi connectivity index (χ1n) is 8.24. The molecule has 0 saturated carbocycles. The number of hydrogen-bond acceptors (Lipinski definition) is 4. The molecule has 3 aromatic rings. The molecular formula is C20H20ClNO3. The molecule has 0 atom stereocenters. The van der Waals surface area contributed by atoms with Crippen LogP contribution in [0.4, 0.5) is 0 Å². The third-order valence-corrected chi connectivity index (χ3v) is 3.96. The number of rotatable bonds is 7. The molecule has 3 rings (SSSR count). The number of oxazole rings is 1. The average molecular weight is 358 g/mol. The SMILES string of the molecule is CCCCOc1ccc(/C=C/c2nc3cc(Cl)ccc3o2)cc1OC. The van der Waals surface area contributed by atoms with Gasteiger partial charge in [-0.05, 0) is 48.4 Å². The largest absolute Gasteiger partial charge is 0.493 e. The fraction of sp³-hybridized carbons (Fsp3) is 0.250. The molecule has 0 bridgehead atoms. The van der Waals surface area contributed by atoms with Gasteiger partial charge in [0.1, 0.15) is 5.52 Å². The summed E-state index contributed by atoms with van der Waals surface area (Å²) in [6, 6.07) is 11.2. The third kappa shape index (κ3) is 4.34. The van der Waals surface area contributed by atoms with Gasteiger partial charge >= 0.3 is 0 Å². The van der Waals surface area contributed by atoms with Gasteiger partial charge < -0.3 is 13.9 Å². The second-order valence-electron chi connectivity index (χ2n) is 5.61. The van der Waals surface area contributed by atoms with E-state index >= 15 is 0 Å². The van der Waals surface area contributed by atoms with E-state index in [1.54, 1.807) is 19.2 Å². The Balaban J connectivity index is 1.77. The topological polar surface area (TPSA) is 44.5 Å². The summed E-state index contributed by atoms with van der Waals surface area (Å²) >= 11 is 5.97. The van der Waals surface area contributed by atoms with Crippen LogP contribution in [0.2, 0.25) is 5.02 Å². The Morgan fingerprint density at radius 2 is 2.00 bits per heavy atom. The number of methoxy groups -OCH3 is 1. The van der Waals surface area contributed by atoms with E-state index in [2.05, 4.69) is 11.9 Å². The standard InChI is InChI=1S/C20H20ClNO3/c1-3-4-11-24-18-8-5-14(12-19(18)23-2)6-10-20-22-16-13-15(21)7-9-17(16)25-20/h5-10,12-13H,3-4,11H2,1-2H3/b10-6+. The van der Waals surface area contributed by atoms with Crippen LogP contribution in [0.3, 0.4) is 0 Å². The van der Waals surface area contributed by atoms with Crippen LogP contribution in [-0.4, -0.2) is 18.7 Å². The summed E-state index contributed by atoms with van der Waals surface area (Å²) in [5, 5.41) is 0.639. The van der Waals surface area contributed by atoms with Crippen LogP contribution in [0.1, 0.15) is 31.2 Å². The van der Waals surface area contributed by atoms with Gasteiger partial charge in [0, 0.05) is 11.1 Å². The number of unbranched alkanes of at least 4 members (excludes halogenated alkanes) is 1. The molecule has 0 aliphatic carbocycles. The minimum Gasteiger partial charge on any atom is -0.493 e. The summed E-state index contributed by atoms with van der Waals surface area (Å²) in [5.41, 5.74) is 2.42. The van der Waals surface area contributed by atoms with Crippen molar-refractivity contribution in [2.75, 3.05) is 13.7 Å². The van der Waals surface area contributed by atoms with E-state index in [1.807, 2.05) is 36.4 Å². The molecule has 0 spiro atoms. The molecule has 0 amide bonds.